The van der Waals surface area contributed by atoms with Gasteiger partial charge in [-0.3, -0.25) is 24.3 Å². The molecule has 0 saturated carbocycles. The van der Waals surface area contributed by atoms with Crippen LogP contribution in [0.4, 0.5) is 10.5 Å². The van der Waals surface area contributed by atoms with Crippen LogP contribution in [-0.4, -0.2) is 65.9 Å². The van der Waals surface area contributed by atoms with Crippen LogP contribution in [-0.2, 0) is 32.1 Å². The zero-order valence-corrected chi connectivity index (χ0v) is 28.9. The number of fused-ring (bicyclic) bond motifs is 1. The summed E-state index contributed by atoms with van der Waals surface area (Å²) >= 11 is 0. The Bertz CT molecular complexity index is 1960. The van der Waals surface area contributed by atoms with Crippen molar-refractivity contribution >= 4 is 46.4 Å². The maximum Gasteiger partial charge on any atom is 0.410 e. The van der Waals surface area contributed by atoms with E-state index in [2.05, 4.69) is 20.9 Å². The largest absolute Gasteiger partial charge is 0.445 e. The van der Waals surface area contributed by atoms with Crippen molar-refractivity contribution in [2.75, 3.05) is 18.4 Å². The number of carbonyl (C=O) groups is 4. The van der Waals surface area contributed by atoms with Crippen molar-refractivity contribution in [2.45, 2.75) is 63.8 Å². The maximum atomic E-state index is 14.0. The normalized spacial score (nSPS) is 14.9. The minimum atomic E-state index is -1.09. The number of benzene rings is 3. The van der Waals surface area contributed by atoms with Gasteiger partial charge in [0, 0.05) is 42.7 Å². The Morgan fingerprint density at radius 1 is 0.923 bits per heavy atom. The molecule has 3 atom stereocenters. The Morgan fingerprint density at radius 2 is 1.63 bits per heavy atom. The average molecular weight is 710 g/mol. The fourth-order valence-electron chi connectivity index (χ4n) is 6.06. The van der Waals surface area contributed by atoms with Crippen LogP contribution in [0, 0.1) is 6.92 Å². The quantitative estimate of drug-likeness (QED) is 0.0563. The third-order valence-electron chi connectivity index (χ3n) is 8.71. The third kappa shape index (κ3) is 10.2. The molecule has 1 saturated heterocycles. The minimum Gasteiger partial charge on any atom is -0.445 e. The number of hydrogen-bond donors (Lipinski definition) is 5. The molecule has 7 N–H and O–H groups in total. The number of nitrogens with one attached hydrogen (secondary N) is 3. The summed E-state index contributed by atoms with van der Waals surface area (Å²) in [6.45, 7) is 2.39. The first-order valence-electron chi connectivity index (χ1n) is 17.1. The SMILES string of the molecule is Cc1cc(=O)oc2cc(NC(=O)[C@H](CCCN=C(N)N)NC(=O)[C@H](Cc3ccccc3)NC(=O)[C@@H]3CCCN3C(=O)OCc3ccccc3)ccc12. The van der Waals surface area contributed by atoms with E-state index in [1.807, 2.05) is 60.7 Å². The molecule has 0 radical (unpaired) electrons. The lowest BCUT2D eigenvalue weighted by atomic mass is 10.0. The molecule has 2 heterocycles. The highest BCUT2D eigenvalue weighted by atomic mass is 16.6. The summed E-state index contributed by atoms with van der Waals surface area (Å²) in [6.07, 6.45) is 0.990. The summed E-state index contributed by atoms with van der Waals surface area (Å²) in [5.74, 6) is -1.75. The molecule has 0 aliphatic carbocycles. The second-order valence-corrected chi connectivity index (χ2v) is 12.6. The van der Waals surface area contributed by atoms with E-state index in [9.17, 15) is 24.0 Å². The molecular formula is C38H43N7O7. The topological polar surface area (TPSA) is 211 Å². The van der Waals surface area contributed by atoms with Gasteiger partial charge in [-0.25, -0.2) is 9.59 Å². The second kappa shape index (κ2) is 17.7. The standard InChI is InChI=1S/C38H43N7O7/c1-24-20-33(46)52-32-22-27(16-17-28(24)32)42-34(47)29(14-8-18-41-37(39)40)43-35(48)30(21-25-10-4-2-5-11-25)44-36(49)31-15-9-19-45(31)38(50)51-23-26-12-6-3-7-13-26/h2-7,10-13,16-17,20,22,29-31H,8-9,14-15,18-19,21,23H2,1H3,(H,42,47)(H,43,48)(H,44,49)(H4,39,40,41)/t29-,30-,31-/m0/s1. The molecule has 1 aliphatic rings. The Labute approximate surface area is 300 Å². The van der Waals surface area contributed by atoms with Crippen molar-refractivity contribution in [1.29, 1.82) is 0 Å². The Balaban J connectivity index is 1.32. The van der Waals surface area contributed by atoms with Gasteiger partial charge in [-0.15, -0.1) is 0 Å². The molecule has 5 rings (SSSR count). The molecular weight excluding hydrogens is 666 g/mol. The molecule has 4 amide bonds. The van der Waals surface area contributed by atoms with Crippen molar-refractivity contribution in [1.82, 2.24) is 15.5 Å². The van der Waals surface area contributed by atoms with Crippen LogP contribution in [0.25, 0.3) is 11.0 Å². The summed E-state index contributed by atoms with van der Waals surface area (Å²) in [5, 5.41) is 9.17. The predicted octanol–water partition coefficient (Wildman–Crippen LogP) is 3.11. The molecule has 1 fully saturated rings. The first kappa shape index (κ1) is 37.1. The van der Waals surface area contributed by atoms with Gasteiger partial charge in [-0.1, -0.05) is 60.7 Å². The Hall–Kier alpha value is -6.18. The van der Waals surface area contributed by atoms with Gasteiger partial charge in [0.1, 0.15) is 30.3 Å². The zero-order chi connectivity index (χ0) is 37.0. The molecule has 1 aromatic heterocycles. The number of rotatable bonds is 14. The van der Waals surface area contributed by atoms with E-state index >= 15 is 0 Å². The van der Waals surface area contributed by atoms with Gasteiger partial charge in [0.25, 0.3) is 0 Å². The molecule has 4 aromatic rings. The summed E-state index contributed by atoms with van der Waals surface area (Å²) in [5.41, 5.74) is 13.4. The van der Waals surface area contributed by atoms with Crippen molar-refractivity contribution in [3.05, 3.63) is 112 Å². The number of anilines is 1. The van der Waals surface area contributed by atoms with Gasteiger partial charge >= 0.3 is 11.7 Å². The predicted molar refractivity (Wildman–Crippen MR) is 196 cm³/mol. The summed E-state index contributed by atoms with van der Waals surface area (Å²) in [6, 6.07) is 21.7. The van der Waals surface area contributed by atoms with E-state index in [4.69, 9.17) is 20.6 Å². The molecule has 272 valence electrons. The Kier molecular flexibility index (Phi) is 12.6. The lowest BCUT2D eigenvalue weighted by Crippen LogP contribution is -2.56. The number of carbonyl (C=O) groups excluding carboxylic acids is 4. The number of hydrogen-bond acceptors (Lipinski definition) is 8. The average Bonchev–Trinajstić information content (AvgIpc) is 3.63. The lowest BCUT2D eigenvalue weighted by molar-refractivity contribution is -0.132. The van der Waals surface area contributed by atoms with E-state index in [-0.39, 0.29) is 32.0 Å². The van der Waals surface area contributed by atoms with Crippen molar-refractivity contribution in [3.8, 4) is 0 Å². The van der Waals surface area contributed by atoms with E-state index in [1.165, 1.54) is 17.0 Å². The maximum absolute atomic E-state index is 14.0. The van der Waals surface area contributed by atoms with Gasteiger partial charge in [0.05, 0.1) is 0 Å². The highest BCUT2D eigenvalue weighted by Crippen LogP contribution is 2.22. The van der Waals surface area contributed by atoms with E-state index in [1.54, 1.807) is 19.1 Å². The van der Waals surface area contributed by atoms with Gasteiger partial charge < -0.3 is 36.6 Å². The third-order valence-corrected chi connectivity index (χ3v) is 8.71. The number of likely N-dealkylation sites (tertiary alicyclic amines) is 1. The monoisotopic (exact) mass is 709 g/mol. The van der Waals surface area contributed by atoms with Crippen LogP contribution in [0.1, 0.15) is 42.4 Å². The Morgan fingerprint density at radius 3 is 2.35 bits per heavy atom. The lowest BCUT2D eigenvalue weighted by Gasteiger charge is -2.27. The molecule has 1 aliphatic heterocycles. The van der Waals surface area contributed by atoms with E-state index < -0.39 is 47.6 Å². The minimum absolute atomic E-state index is 0.0590. The van der Waals surface area contributed by atoms with Gasteiger partial charge in [-0.05, 0) is 61.4 Å². The van der Waals surface area contributed by atoms with Gasteiger partial charge in [0.15, 0.2) is 5.96 Å². The fraction of sp³-hybridized carbons (Fsp3) is 0.316. The number of aliphatic imine (C=N–C) groups is 1. The number of amides is 4. The second-order valence-electron chi connectivity index (χ2n) is 12.6. The van der Waals surface area contributed by atoms with Crippen LogP contribution in [0.15, 0.2) is 99.1 Å². The molecule has 0 unspecified atom stereocenters. The van der Waals surface area contributed by atoms with Crippen molar-refractivity contribution in [3.63, 3.8) is 0 Å². The first-order valence-corrected chi connectivity index (χ1v) is 17.1. The van der Waals surface area contributed by atoms with Gasteiger partial charge in [-0.2, -0.15) is 0 Å². The first-order chi connectivity index (χ1) is 25.1. The summed E-state index contributed by atoms with van der Waals surface area (Å²) in [7, 11) is 0. The molecule has 14 heteroatoms. The molecule has 14 nitrogen and oxygen atoms in total. The molecule has 0 spiro atoms. The van der Waals surface area contributed by atoms with Crippen LogP contribution >= 0.6 is 0 Å². The fourth-order valence-corrected chi connectivity index (χ4v) is 6.06. The summed E-state index contributed by atoms with van der Waals surface area (Å²) < 4.78 is 10.8. The summed E-state index contributed by atoms with van der Waals surface area (Å²) in [4.78, 5) is 71.8. The smallest absolute Gasteiger partial charge is 0.410 e. The number of nitrogens with two attached hydrogens (primary N) is 2. The highest BCUT2D eigenvalue weighted by Gasteiger charge is 2.37. The zero-order valence-electron chi connectivity index (χ0n) is 28.9. The molecule has 3 aromatic carbocycles. The number of guanidine groups is 1. The van der Waals surface area contributed by atoms with E-state index in [0.29, 0.717) is 42.5 Å². The highest BCUT2D eigenvalue weighted by molar-refractivity contribution is 6.00. The number of aryl methyl sites for hydroxylation is 1. The van der Waals surface area contributed by atoms with Gasteiger partial charge in [0.2, 0.25) is 17.7 Å². The molecule has 0 bridgehead atoms. The van der Waals surface area contributed by atoms with Crippen molar-refractivity contribution < 1.29 is 28.3 Å². The van der Waals surface area contributed by atoms with Crippen LogP contribution < -0.4 is 33.0 Å². The van der Waals surface area contributed by atoms with Crippen LogP contribution in [0.2, 0.25) is 0 Å². The molecule has 52 heavy (non-hydrogen) atoms. The number of ether oxygens (including phenoxy) is 1. The van der Waals surface area contributed by atoms with Crippen molar-refractivity contribution in [2.24, 2.45) is 16.5 Å². The van der Waals surface area contributed by atoms with Crippen LogP contribution in [0.3, 0.4) is 0 Å². The number of nitrogens with zero attached hydrogens (tertiary/aromatic N) is 2. The van der Waals surface area contributed by atoms with Crippen LogP contribution in [0.5, 0.6) is 0 Å². The van der Waals surface area contributed by atoms with E-state index in [0.717, 1.165) is 16.7 Å².